The molecule has 1 N–H and O–H groups in total. The van der Waals surface area contributed by atoms with Crippen LogP contribution in [0.1, 0.15) is 16.7 Å². The van der Waals surface area contributed by atoms with Crippen LogP contribution in [0, 0.1) is 20.8 Å². The molecular formula is C21H22NO2P. The molecule has 1 atom stereocenters. The molecule has 3 aromatic rings. The molecule has 25 heavy (non-hydrogen) atoms. The molecular weight excluding hydrogens is 329 g/mol. The minimum absolute atomic E-state index is 0.621. The summed E-state index contributed by atoms with van der Waals surface area (Å²) < 4.78 is 20.0. The highest BCUT2D eigenvalue weighted by molar-refractivity contribution is 7.68. The Hall–Kier alpha value is -2.51. The highest BCUT2D eigenvalue weighted by atomic mass is 31.2. The molecule has 1 unspecified atom stereocenters. The largest absolute Gasteiger partial charge is 0.426 e. The molecule has 0 saturated carbocycles. The molecule has 0 aliphatic heterocycles. The first-order valence-electron chi connectivity index (χ1n) is 8.25. The summed E-state index contributed by atoms with van der Waals surface area (Å²) >= 11 is 0. The minimum Gasteiger partial charge on any atom is -0.426 e. The lowest BCUT2D eigenvalue weighted by Gasteiger charge is -2.24. The second kappa shape index (κ2) is 7.16. The van der Waals surface area contributed by atoms with Gasteiger partial charge in [-0.15, -0.1) is 0 Å². The summed E-state index contributed by atoms with van der Waals surface area (Å²) in [4.78, 5) is 0. The average molecular weight is 351 g/mol. The first-order chi connectivity index (χ1) is 12.0. The lowest BCUT2D eigenvalue weighted by atomic mass is 10.2. The van der Waals surface area contributed by atoms with Crippen molar-refractivity contribution < 1.29 is 9.09 Å². The zero-order chi connectivity index (χ0) is 17.9. The highest BCUT2D eigenvalue weighted by Gasteiger charge is 2.30. The van der Waals surface area contributed by atoms with Gasteiger partial charge in [-0.1, -0.05) is 54.6 Å². The van der Waals surface area contributed by atoms with Crippen LogP contribution in [0.4, 0.5) is 5.69 Å². The van der Waals surface area contributed by atoms with Crippen LogP contribution in [0.3, 0.4) is 0 Å². The van der Waals surface area contributed by atoms with Crippen molar-refractivity contribution in [3.63, 3.8) is 0 Å². The van der Waals surface area contributed by atoms with Crippen molar-refractivity contribution in [3.8, 4) is 5.75 Å². The van der Waals surface area contributed by atoms with Crippen LogP contribution in [0.15, 0.2) is 72.8 Å². The lowest BCUT2D eigenvalue weighted by Crippen LogP contribution is -2.19. The van der Waals surface area contributed by atoms with E-state index in [0.717, 1.165) is 22.4 Å². The monoisotopic (exact) mass is 351 g/mol. The molecule has 0 aliphatic rings. The summed E-state index contributed by atoms with van der Waals surface area (Å²) in [5, 5.41) is 3.87. The first-order valence-corrected chi connectivity index (χ1v) is 9.87. The fourth-order valence-corrected chi connectivity index (χ4v) is 4.82. The van der Waals surface area contributed by atoms with Crippen LogP contribution in [0.2, 0.25) is 0 Å². The molecule has 3 nitrogen and oxygen atoms in total. The normalized spacial score (nSPS) is 13.1. The van der Waals surface area contributed by atoms with Gasteiger partial charge in [0.1, 0.15) is 5.75 Å². The third-order valence-electron chi connectivity index (χ3n) is 4.17. The van der Waals surface area contributed by atoms with Crippen LogP contribution in [-0.2, 0) is 4.57 Å². The summed E-state index contributed by atoms with van der Waals surface area (Å²) in [6.07, 6.45) is 0. The van der Waals surface area contributed by atoms with E-state index in [9.17, 15) is 4.57 Å². The van der Waals surface area contributed by atoms with E-state index in [1.165, 1.54) is 0 Å². The maximum atomic E-state index is 13.9. The third-order valence-corrected chi connectivity index (χ3v) is 6.29. The van der Waals surface area contributed by atoms with Gasteiger partial charge in [-0.25, -0.2) is 4.57 Å². The summed E-state index contributed by atoms with van der Waals surface area (Å²) in [5.74, 6) is 0.621. The van der Waals surface area contributed by atoms with E-state index in [1.807, 2.05) is 93.6 Å². The molecule has 0 spiro atoms. The topological polar surface area (TPSA) is 38.3 Å². The van der Waals surface area contributed by atoms with E-state index in [1.54, 1.807) is 0 Å². The molecule has 3 rings (SSSR count). The summed E-state index contributed by atoms with van der Waals surface area (Å²) in [5.41, 5.74) is 3.70. The Morgan fingerprint density at radius 1 is 0.720 bits per heavy atom. The van der Waals surface area contributed by atoms with Crippen molar-refractivity contribution in [1.29, 1.82) is 0 Å². The Labute approximate surface area is 149 Å². The zero-order valence-electron chi connectivity index (χ0n) is 14.7. The lowest BCUT2D eigenvalue weighted by molar-refractivity contribution is 0.496. The molecule has 128 valence electrons. The smallest absolute Gasteiger partial charge is 0.371 e. The van der Waals surface area contributed by atoms with Gasteiger partial charge in [0.05, 0.1) is 5.30 Å². The van der Waals surface area contributed by atoms with Crippen LogP contribution in [0.25, 0.3) is 0 Å². The van der Waals surface area contributed by atoms with Gasteiger partial charge in [-0.2, -0.15) is 0 Å². The average Bonchev–Trinajstić information content (AvgIpc) is 2.59. The molecule has 4 heteroatoms. The number of hydrogen-bond donors (Lipinski definition) is 1. The second-order valence-electron chi connectivity index (χ2n) is 6.12. The molecule has 0 saturated heterocycles. The van der Waals surface area contributed by atoms with Crippen LogP contribution >= 0.6 is 7.52 Å². The maximum Gasteiger partial charge on any atom is 0.371 e. The summed E-state index contributed by atoms with van der Waals surface area (Å²) in [6.45, 7) is 5.88. The van der Waals surface area contributed by atoms with Gasteiger partial charge in [0.25, 0.3) is 0 Å². The number of anilines is 1. The maximum absolute atomic E-state index is 13.9. The molecule has 0 radical (unpaired) electrons. The predicted octanol–water partition coefficient (Wildman–Crippen LogP) is 5.62. The fraction of sp³-hybridized carbons (Fsp3) is 0.143. The number of benzene rings is 3. The highest BCUT2D eigenvalue weighted by Crippen LogP contribution is 2.48. The van der Waals surface area contributed by atoms with Crippen molar-refractivity contribution >= 4 is 18.5 Å². The first kappa shape index (κ1) is 17.3. The van der Waals surface area contributed by atoms with E-state index in [4.69, 9.17) is 4.52 Å². The Balaban J connectivity index is 2.08. The molecule has 0 amide bonds. The summed E-state index contributed by atoms with van der Waals surface area (Å²) in [6, 6.07) is 23.0. The molecule has 0 heterocycles. The molecule has 0 bridgehead atoms. The van der Waals surface area contributed by atoms with Crippen LogP contribution in [-0.4, -0.2) is 0 Å². The van der Waals surface area contributed by atoms with Gasteiger partial charge in [-0.05, 0) is 55.7 Å². The zero-order valence-corrected chi connectivity index (χ0v) is 15.6. The van der Waals surface area contributed by atoms with E-state index in [2.05, 4.69) is 5.09 Å². The predicted molar refractivity (Wildman–Crippen MR) is 105 cm³/mol. The van der Waals surface area contributed by atoms with Crippen molar-refractivity contribution in [3.05, 3.63) is 89.5 Å². The van der Waals surface area contributed by atoms with E-state index >= 15 is 0 Å². The Morgan fingerprint density at radius 3 is 1.92 bits per heavy atom. The number of aryl methyl sites for hydroxylation is 3. The molecule has 3 aromatic carbocycles. The fourth-order valence-electron chi connectivity index (χ4n) is 2.68. The van der Waals surface area contributed by atoms with Crippen LogP contribution < -0.4 is 14.9 Å². The molecule has 0 fully saturated rings. The van der Waals surface area contributed by atoms with E-state index in [0.29, 0.717) is 11.1 Å². The SMILES string of the molecule is Cc1ccccc1NP(=O)(Oc1ccccc1C)c1ccccc1C. The standard InChI is InChI=1S/C21H22NO2P/c1-16-10-4-7-13-19(16)22-25(23,21-15-9-6-12-18(21)3)24-20-14-8-5-11-17(20)2/h4-15H,1-3H3,(H,22,23). The van der Waals surface area contributed by atoms with Crippen LogP contribution in [0.5, 0.6) is 5.75 Å². The third kappa shape index (κ3) is 3.78. The second-order valence-corrected chi connectivity index (χ2v) is 8.11. The van der Waals surface area contributed by atoms with E-state index in [-0.39, 0.29) is 0 Å². The number of hydrogen-bond acceptors (Lipinski definition) is 2. The van der Waals surface area contributed by atoms with Gasteiger partial charge in [0, 0.05) is 5.69 Å². The van der Waals surface area contributed by atoms with Crippen molar-refractivity contribution in [2.24, 2.45) is 0 Å². The minimum atomic E-state index is -3.36. The van der Waals surface area contributed by atoms with E-state index < -0.39 is 7.52 Å². The number of nitrogens with one attached hydrogen (secondary N) is 1. The Kier molecular flexibility index (Phi) is 4.96. The van der Waals surface area contributed by atoms with Crippen molar-refractivity contribution in [2.75, 3.05) is 5.09 Å². The molecule has 0 aromatic heterocycles. The van der Waals surface area contributed by atoms with Gasteiger partial charge < -0.3 is 9.61 Å². The Bertz CT molecular complexity index is 885. The van der Waals surface area contributed by atoms with Crippen molar-refractivity contribution in [1.82, 2.24) is 0 Å². The Morgan fingerprint density at radius 2 is 1.28 bits per heavy atom. The molecule has 0 aliphatic carbocycles. The van der Waals surface area contributed by atoms with Gasteiger partial charge in [0.2, 0.25) is 0 Å². The summed E-state index contributed by atoms with van der Waals surface area (Å²) in [7, 11) is -3.36. The van der Waals surface area contributed by atoms with Gasteiger partial charge in [0.15, 0.2) is 0 Å². The quantitative estimate of drug-likeness (QED) is 0.606. The van der Waals surface area contributed by atoms with Gasteiger partial charge >= 0.3 is 7.52 Å². The number of rotatable bonds is 5. The van der Waals surface area contributed by atoms with Gasteiger partial charge in [-0.3, -0.25) is 0 Å². The van der Waals surface area contributed by atoms with Crippen molar-refractivity contribution in [2.45, 2.75) is 20.8 Å². The number of para-hydroxylation sites is 2.